The van der Waals surface area contributed by atoms with E-state index in [1.54, 1.807) is 0 Å². The first kappa shape index (κ1) is 23.5. The molecule has 0 aliphatic rings. The van der Waals surface area contributed by atoms with Crippen molar-refractivity contribution in [3.63, 3.8) is 0 Å². The van der Waals surface area contributed by atoms with Crippen LogP contribution in [0.5, 0.6) is 5.75 Å². The van der Waals surface area contributed by atoms with Gasteiger partial charge in [-0.2, -0.15) is 0 Å². The fourth-order valence-corrected chi connectivity index (χ4v) is 2.64. The van der Waals surface area contributed by atoms with E-state index in [-0.39, 0.29) is 24.0 Å². The van der Waals surface area contributed by atoms with Crippen LogP contribution in [0.25, 0.3) is 10.8 Å². The van der Waals surface area contributed by atoms with Crippen molar-refractivity contribution in [3.8, 4) is 5.75 Å². The highest BCUT2D eigenvalue weighted by atomic mass is 127. The summed E-state index contributed by atoms with van der Waals surface area (Å²) in [5.74, 6) is 1.76. The van der Waals surface area contributed by atoms with Crippen LogP contribution in [0.15, 0.2) is 47.5 Å². The van der Waals surface area contributed by atoms with Gasteiger partial charge in [-0.3, -0.25) is 4.99 Å². The lowest BCUT2D eigenvalue weighted by Gasteiger charge is -2.13. The molecule has 2 rings (SSSR count). The quantitative estimate of drug-likeness (QED) is 0.217. The van der Waals surface area contributed by atoms with E-state index in [2.05, 4.69) is 40.7 Å². The summed E-state index contributed by atoms with van der Waals surface area (Å²) >= 11 is 0. The molecule has 5 nitrogen and oxygen atoms in total. The zero-order chi connectivity index (χ0) is 18.5. The normalized spacial score (nSPS) is 11.1. The fraction of sp³-hybridized carbons (Fsp3) is 0.476. The van der Waals surface area contributed by atoms with E-state index in [9.17, 15) is 0 Å². The number of halogens is 1. The first-order valence-corrected chi connectivity index (χ1v) is 9.55. The second-order valence-electron chi connectivity index (χ2n) is 5.92. The van der Waals surface area contributed by atoms with Gasteiger partial charge in [0.25, 0.3) is 0 Å². The Bertz CT molecular complexity index is 674. The molecular formula is C21H32IN3O2. The Labute approximate surface area is 179 Å². The van der Waals surface area contributed by atoms with Crippen LogP contribution in [0.2, 0.25) is 0 Å². The summed E-state index contributed by atoms with van der Waals surface area (Å²) in [5, 5.41) is 8.93. The predicted molar refractivity (Wildman–Crippen MR) is 125 cm³/mol. The maximum atomic E-state index is 5.96. The summed E-state index contributed by atoms with van der Waals surface area (Å²) in [6, 6.07) is 14.4. The predicted octanol–water partition coefficient (Wildman–Crippen LogP) is 4.21. The average Bonchev–Trinajstić information content (AvgIpc) is 2.67. The highest BCUT2D eigenvalue weighted by Crippen LogP contribution is 2.24. The molecule has 0 heterocycles. The Morgan fingerprint density at radius 1 is 0.963 bits per heavy atom. The van der Waals surface area contributed by atoms with Gasteiger partial charge in [-0.15, -0.1) is 24.0 Å². The number of unbranched alkanes of at least 4 members (excludes halogenated alkanes) is 1. The van der Waals surface area contributed by atoms with E-state index in [0.717, 1.165) is 56.2 Å². The van der Waals surface area contributed by atoms with Gasteiger partial charge in [0.2, 0.25) is 0 Å². The van der Waals surface area contributed by atoms with Crippen molar-refractivity contribution in [2.45, 2.75) is 26.7 Å². The minimum atomic E-state index is 0. The highest BCUT2D eigenvalue weighted by molar-refractivity contribution is 14.0. The van der Waals surface area contributed by atoms with Gasteiger partial charge in [-0.25, -0.2) is 0 Å². The monoisotopic (exact) mass is 485 g/mol. The van der Waals surface area contributed by atoms with Crippen molar-refractivity contribution in [2.75, 3.05) is 39.5 Å². The van der Waals surface area contributed by atoms with Crippen molar-refractivity contribution >= 4 is 40.7 Å². The van der Waals surface area contributed by atoms with Gasteiger partial charge in [0.1, 0.15) is 12.4 Å². The van der Waals surface area contributed by atoms with Crippen LogP contribution in [0.1, 0.15) is 26.7 Å². The Morgan fingerprint density at radius 2 is 1.78 bits per heavy atom. The van der Waals surface area contributed by atoms with Crippen LogP contribution in [0, 0.1) is 0 Å². The average molecular weight is 485 g/mol. The Hall–Kier alpha value is -1.54. The van der Waals surface area contributed by atoms with E-state index < -0.39 is 0 Å². The number of nitrogens with zero attached hydrogens (tertiary/aromatic N) is 1. The summed E-state index contributed by atoms with van der Waals surface area (Å²) in [6.07, 6.45) is 2.07. The molecule has 0 saturated carbocycles. The standard InChI is InChI=1S/C21H31N3O2.HI/c1-3-22-21(23-14-7-8-16-25-4-2)24-15-17-26-20-13-9-11-18-10-5-6-12-19(18)20;/h5-6,9-13H,3-4,7-8,14-17H2,1-2H3,(H2,22,23,24);1H. The number of hydrogen-bond donors (Lipinski definition) is 2. The van der Waals surface area contributed by atoms with E-state index in [4.69, 9.17) is 9.47 Å². The third kappa shape index (κ3) is 8.79. The molecule has 2 aromatic rings. The molecule has 0 fully saturated rings. The van der Waals surface area contributed by atoms with Crippen molar-refractivity contribution in [1.82, 2.24) is 10.6 Å². The van der Waals surface area contributed by atoms with Gasteiger partial charge >= 0.3 is 0 Å². The molecule has 0 amide bonds. The third-order valence-corrected chi connectivity index (χ3v) is 3.92. The second kappa shape index (κ2) is 14.5. The number of hydrogen-bond acceptors (Lipinski definition) is 3. The van der Waals surface area contributed by atoms with Crippen molar-refractivity contribution < 1.29 is 9.47 Å². The largest absolute Gasteiger partial charge is 0.491 e. The molecule has 0 aromatic heterocycles. The van der Waals surface area contributed by atoms with Crippen molar-refractivity contribution in [1.29, 1.82) is 0 Å². The summed E-state index contributed by atoms with van der Waals surface area (Å²) in [4.78, 5) is 4.59. The number of guanidine groups is 1. The molecule has 27 heavy (non-hydrogen) atoms. The summed E-state index contributed by atoms with van der Waals surface area (Å²) in [5.41, 5.74) is 0. The van der Waals surface area contributed by atoms with Gasteiger partial charge in [0.15, 0.2) is 5.96 Å². The maximum Gasteiger partial charge on any atom is 0.191 e. The van der Waals surface area contributed by atoms with Gasteiger partial charge in [0, 0.05) is 31.7 Å². The zero-order valence-corrected chi connectivity index (χ0v) is 18.7. The van der Waals surface area contributed by atoms with E-state index in [1.165, 1.54) is 5.39 Å². The SMILES string of the molecule is CCNC(=NCCCCOCC)NCCOc1cccc2ccccc12.I. The fourth-order valence-electron chi connectivity index (χ4n) is 2.64. The molecule has 2 aromatic carbocycles. The van der Waals surface area contributed by atoms with Crippen LogP contribution in [0.3, 0.4) is 0 Å². The van der Waals surface area contributed by atoms with E-state index >= 15 is 0 Å². The Kier molecular flexibility index (Phi) is 12.6. The van der Waals surface area contributed by atoms with Gasteiger partial charge < -0.3 is 20.1 Å². The molecule has 0 spiro atoms. The van der Waals surface area contributed by atoms with Gasteiger partial charge in [0.05, 0.1) is 6.54 Å². The molecule has 0 aliphatic heterocycles. The lowest BCUT2D eigenvalue weighted by molar-refractivity contribution is 0.144. The highest BCUT2D eigenvalue weighted by Gasteiger charge is 2.01. The molecule has 0 bridgehead atoms. The van der Waals surface area contributed by atoms with Crippen molar-refractivity contribution in [3.05, 3.63) is 42.5 Å². The second-order valence-corrected chi connectivity index (χ2v) is 5.92. The number of ether oxygens (including phenoxy) is 2. The summed E-state index contributed by atoms with van der Waals surface area (Å²) in [6.45, 7) is 8.61. The molecular weight excluding hydrogens is 453 g/mol. The third-order valence-electron chi connectivity index (χ3n) is 3.92. The molecule has 2 N–H and O–H groups in total. The molecule has 0 aliphatic carbocycles. The Morgan fingerprint density at radius 3 is 2.59 bits per heavy atom. The topological polar surface area (TPSA) is 54.9 Å². The lowest BCUT2D eigenvalue weighted by Crippen LogP contribution is -2.39. The summed E-state index contributed by atoms with van der Waals surface area (Å²) in [7, 11) is 0. The molecule has 0 saturated heterocycles. The first-order valence-electron chi connectivity index (χ1n) is 9.55. The van der Waals surface area contributed by atoms with Crippen molar-refractivity contribution in [2.24, 2.45) is 4.99 Å². The molecule has 0 unspecified atom stereocenters. The number of aliphatic imine (C=N–C) groups is 1. The van der Waals surface area contributed by atoms with Crippen LogP contribution >= 0.6 is 24.0 Å². The summed E-state index contributed by atoms with van der Waals surface area (Å²) < 4.78 is 11.3. The Balaban J connectivity index is 0.00000364. The first-order chi connectivity index (χ1) is 12.8. The minimum Gasteiger partial charge on any atom is -0.491 e. The molecule has 150 valence electrons. The molecule has 0 atom stereocenters. The van der Waals surface area contributed by atoms with Gasteiger partial charge in [-0.05, 0) is 38.1 Å². The van der Waals surface area contributed by atoms with E-state index in [0.29, 0.717) is 13.2 Å². The molecule has 6 heteroatoms. The van der Waals surface area contributed by atoms with Crippen LogP contribution in [-0.4, -0.2) is 45.4 Å². The molecule has 0 radical (unpaired) electrons. The lowest BCUT2D eigenvalue weighted by atomic mass is 10.1. The van der Waals surface area contributed by atoms with Crippen LogP contribution in [-0.2, 0) is 4.74 Å². The minimum absolute atomic E-state index is 0. The number of benzene rings is 2. The maximum absolute atomic E-state index is 5.96. The van der Waals surface area contributed by atoms with E-state index in [1.807, 2.05) is 31.2 Å². The smallest absolute Gasteiger partial charge is 0.191 e. The number of rotatable bonds is 11. The van der Waals surface area contributed by atoms with Gasteiger partial charge in [-0.1, -0.05) is 36.4 Å². The zero-order valence-electron chi connectivity index (χ0n) is 16.4. The van der Waals surface area contributed by atoms with Crippen LogP contribution < -0.4 is 15.4 Å². The number of fused-ring (bicyclic) bond motifs is 1. The number of nitrogens with one attached hydrogen (secondary N) is 2. The van der Waals surface area contributed by atoms with Crippen LogP contribution in [0.4, 0.5) is 0 Å².